The molecule has 6 nitrogen and oxygen atoms in total. The van der Waals surface area contributed by atoms with Gasteiger partial charge in [-0.15, -0.1) is 0 Å². The second-order valence-corrected chi connectivity index (χ2v) is 19.5. The Bertz CT molecular complexity index is 1110. The SMILES string of the molecule is CC/C=C\C/C=C\C/C=C\CCCCCC(=O)OCC(COC(=O)CCCCCCCCCCCCCCCCCCCCC)OC(=O)CCCCCCCCCCCCCCCCCC. The van der Waals surface area contributed by atoms with E-state index in [1.807, 2.05) is 0 Å². The van der Waals surface area contributed by atoms with Crippen molar-refractivity contribution in [2.24, 2.45) is 0 Å². The molecule has 0 rings (SSSR count). The van der Waals surface area contributed by atoms with Crippen LogP contribution in [0.15, 0.2) is 36.5 Å². The number of carbonyl (C=O) groups is 3. The van der Waals surface area contributed by atoms with Crippen LogP contribution in [0.4, 0.5) is 0 Å². The summed E-state index contributed by atoms with van der Waals surface area (Å²) in [5.41, 5.74) is 0. The number of carbonyl (C=O) groups excluding carboxylic acids is 3. The standard InChI is InChI=1S/C60H110O6/c1-4-7-10-13-16-19-22-25-27-29-30-31-33-35-38-41-44-47-50-53-59(62)65-56-57(55-64-58(61)52-49-46-43-40-37-34-24-21-18-15-12-9-6-3)66-60(63)54-51-48-45-42-39-36-32-28-26-23-20-17-14-11-8-5-2/h9,12,18,21,34,37,57H,4-8,10-11,13-17,19-20,22-33,35-36,38-56H2,1-3H3/b12-9-,21-18-,37-34-. The van der Waals surface area contributed by atoms with Gasteiger partial charge in [-0.3, -0.25) is 14.4 Å². The highest BCUT2D eigenvalue weighted by Crippen LogP contribution is 2.17. The van der Waals surface area contributed by atoms with E-state index in [0.29, 0.717) is 19.3 Å². The Morgan fingerprint density at radius 1 is 0.318 bits per heavy atom. The molecule has 6 heteroatoms. The average Bonchev–Trinajstić information content (AvgIpc) is 3.31. The molecule has 0 aromatic rings. The summed E-state index contributed by atoms with van der Waals surface area (Å²) in [5.74, 6) is -0.887. The first-order valence-corrected chi connectivity index (χ1v) is 29.0. The van der Waals surface area contributed by atoms with Crippen molar-refractivity contribution in [1.29, 1.82) is 0 Å². The first kappa shape index (κ1) is 63.6. The maximum absolute atomic E-state index is 12.8. The average molecular weight is 928 g/mol. The van der Waals surface area contributed by atoms with Gasteiger partial charge in [-0.1, -0.05) is 276 Å². The maximum Gasteiger partial charge on any atom is 0.306 e. The molecule has 0 aliphatic rings. The van der Waals surface area contributed by atoms with Crippen molar-refractivity contribution in [3.8, 4) is 0 Å². The van der Waals surface area contributed by atoms with Crippen molar-refractivity contribution in [3.63, 3.8) is 0 Å². The predicted octanol–water partition coefficient (Wildman–Crippen LogP) is 19.3. The zero-order valence-corrected chi connectivity index (χ0v) is 44.2. The number of unbranched alkanes of at least 4 members (excludes halogenated alkanes) is 36. The molecule has 386 valence electrons. The molecule has 0 amide bonds. The molecule has 0 spiro atoms. The minimum atomic E-state index is -0.779. The van der Waals surface area contributed by atoms with Crippen LogP contribution in [0.5, 0.6) is 0 Å². The van der Waals surface area contributed by atoms with Crippen molar-refractivity contribution in [2.45, 2.75) is 316 Å². The summed E-state index contributed by atoms with van der Waals surface area (Å²) in [5, 5.41) is 0. The highest BCUT2D eigenvalue weighted by atomic mass is 16.6. The van der Waals surface area contributed by atoms with E-state index in [2.05, 4.69) is 57.2 Å². The van der Waals surface area contributed by atoms with Gasteiger partial charge in [0.15, 0.2) is 6.10 Å². The van der Waals surface area contributed by atoms with Crippen molar-refractivity contribution in [2.75, 3.05) is 13.2 Å². The van der Waals surface area contributed by atoms with Crippen LogP contribution < -0.4 is 0 Å². The van der Waals surface area contributed by atoms with Crippen molar-refractivity contribution >= 4 is 17.9 Å². The Hall–Kier alpha value is -2.37. The number of ether oxygens (including phenoxy) is 3. The summed E-state index contributed by atoms with van der Waals surface area (Å²) < 4.78 is 16.9. The summed E-state index contributed by atoms with van der Waals surface area (Å²) in [4.78, 5) is 38.1. The third-order valence-corrected chi connectivity index (χ3v) is 12.9. The number of hydrogen-bond acceptors (Lipinski definition) is 6. The van der Waals surface area contributed by atoms with Crippen molar-refractivity contribution in [3.05, 3.63) is 36.5 Å². The van der Waals surface area contributed by atoms with Crippen LogP contribution in [0.2, 0.25) is 0 Å². The van der Waals surface area contributed by atoms with E-state index in [0.717, 1.165) is 83.5 Å². The second kappa shape index (κ2) is 55.2. The van der Waals surface area contributed by atoms with E-state index in [1.165, 1.54) is 186 Å². The Balaban J connectivity index is 4.32. The van der Waals surface area contributed by atoms with Gasteiger partial charge >= 0.3 is 17.9 Å². The molecule has 0 radical (unpaired) electrons. The molecule has 0 saturated carbocycles. The lowest BCUT2D eigenvalue weighted by molar-refractivity contribution is -0.167. The smallest absolute Gasteiger partial charge is 0.306 e. The van der Waals surface area contributed by atoms with E-state index in [4.69, 9.17) is 14.2 Å². The van der Waals surface area contributed by atoms with Gasteiger partial charge < -0.3 is 14.2 Å². The van der Waals surface area contributed by atoms with E-state index in [-0.39, 0.29) is 31.1 Å². The molecule has 1 unspecified atom stereocenters. The van der Waals surface area contributed by atoms with Crippen LogP contribution in [0.25, 0.3) is 0 Å². The zero-order chi connectivity index (χ0) is 47.9. The summed E-state index contributed by atoms with van der Waals surface area (Å²) in [7, 11) is 0. The highest BCUT2D eigenvalue weighted by Gasteiger charge is 2.19. The van der Waals surface area contributed by atoms with Crippen LogP contribution >= 0.6 is 0 Å². The maximum atomic E-state index is 12.8. The van der Waals surface area contributed by atoms with Crippen molar-refractivity contribution in [1.82, 2.24) is 0 Å². The fourth-order valence-corrected chi connectivity index (χ4v) is 8.58. The molecule has 1 atom stereocenters. The van der Waals surface area contributed by atoms with Gasteiger partial charge in [0.2, 0.25) is 0 Å². The summed E-state index contributed by atoms with van der Waals surface area (Å²) >= 11 is 0. The van der Waals surface area contributed by atoms with Gasteiger partial charge in [0.05, 0.1) is 0 Å². The molecule has 66 heavy (non-hydrogen) atoms. The van der Waals surface area contributed by atoms with Crippen LogP contribution in [0.3, 0.4) is 0 Å². The fraction of sp³-hybridized carbons (Fsp3) is 0.850. The molecule has 0 fully saturated rings. The Kier molecular flexibility index (Phi) is 53.2. The van der Waals surface area contributed by atoms with Crippen LogP contribution in [0.1, 0.15) is 310 Å². The fourth-order valence-electron chi connectivity index (χ4n) is 8.58. The van der Waals surface area contributed by atoms with E-state index in [1.54, 1.807) is 0 Å². The minimum Gasteiger partial charge on any atom is -0.462 e. The topological polar surface area (TPSA) is 78.9 Å². The Morgan fingerprint density at radius 2 is 0.591 bits per heavy atom. The zero-order valence-electron chi connectivity index (χ0n) is 44.2. The molecule has 0 N–H and O–H groups in total. The largest absolute Gasteiger partial charge is 0.462 e. The van der Waals surface area contributed by atoms with Crippen molar-refractivity contribution < 1.29 is 28.6 Å². The summed E-state index contributed by atoms with van der Waals surface area (Å²) in [6.45, 7) is 6.55. The predicted molar refractivity (Wildman–Crippen MR) is 284 cm³/mol. The number of rotatable bonds is 53. The monoisotopic (exact) mass is 927 g/mol. The lowest BCUT2D eigenvalue weighted by Gasteiger charge is -2.18. The molecular formula is C60H110O6. The normalized spacial score (nSPS) is 12.2. The molecule has 0 bridgehead atoms. The van der Waals surface area contributed by atoms with E-state index >= 15 is 0 Å². The van der Waals surface area contributed by atoms with Gasteiger partial charge in [0, 0.05) is 19.3 Å². The van der Waals surface area contributed by atoms with Gasteiger partial charge in [0.1, 0.15) is 13.2 Å². The van der Waals surface area contributed by atoms with Gasteiger partial charge in [-0.25, -0.2) is 0 Å². The Morgan fingerprint density at radius 3 is 0.924 bits per heavy atom. The van der Waals surface area contributed by atoms with Crippen LogP contribution in [0, 0.1) is 0 Å². The number of esters is 3. The summed E-state index contributed by atoms with van der Waals surface area (Å²) in [6.07, 6.45) is 65.7. The number of allylic oxidation sites excluding steroid dienone is 6. The van der Waals surface area contributed by atoms with Gasteiger partial charge in [0.25, 0.3) is 0 Å². The third-order valence-electron chi connectivity index (χ3n) is 12.9. The molecule has 0 heterocycles. The third kappa shape index (κ3) is 52.6. The lowest BCUT2D eigenvalue weighted by Crippen LogP contribution is -2.30. The number of hydrogen-bond donors (Lipinski definition) is 0. The highest BCUT2D eigenvalue weighted by molar-refractivity contribution is 5.71. The second-order valence-electron chi connectivity index (χ2n) is 19.5. The van der Waals surface area contributed by atoms with E-state index < -0.39 is 6.10 Å². The first-order valence-electron chi connectivity index (χ1n) is 29.0. The van der Waals surface area contributed by atoms with Gasteiger partial charge in [-0.2, -0.15) is 0 Å². The molecule has 0 aliphatic carbocycles. The molecule has 0 aromatic carbocycles. The molecular weight excluding hydrogens is 817 g/mol. The molecule has 0 aromatic heterocycles. The molecule has 0 aliphatic heterocycles. The quantitative estimate of drug-likeness (QED) is 0.0262. The van der Waals surface area contributed by atoms with Gasteiger partial charge in [-0.05, 0) is 51.4 Å². The van der Waals surface area contributed by atoms with Crippen LogP contribution in [-0.4, -0.2) is 37.2 Å². The van der Waals surface area contributed by atoms with Crippen LogP contribution in [-0.2, 0) is 28.6 Å². The van der Waals surface area contributed by atoms with E-state index in [9.17, 15) is 14.4 Å². The first-order chi connectivity index (χ1) is 32.5. The Labute approximate surface area is 410 Å². The summed E-state index contributed by atoms with van der Waals surface area (Å²) in [6, 6.07) is 0. The lowest BCUT2D eigenvalue weighted by atomic mass is 10.0. The minimum absolute atomic E-state index is 0.0765. The molecule has 0 saturated heterocycles.